The summed E-state index contributed by atoms with van der Waals surface area (Å²) in [6, 6.07) is 0. The molecular formula is C25H39FN5O11PS2. The van der Waals surface area contributed by atoms with E-state index in [0.29, 0.717) is 0 Å². The van der Waals surface area contributed by atoms with Crippen LogP contribution in [0, 0.1) is 10.8 Å². The van der Waals surface area contributed by atoms with Crippen LogP contribution < -0.4 is 5.32 Å². The lowest BCUT2D eigenvalue weighted by atomic mass is 9.97. The molecule has 254 valence electrons. The lowest BCUT2D eigenvalue weighted by molar-refractivity contribution is -0.131. The standard InChI is InChI=1S/C25H39FN5O11PS2/c1-16-29-17(34)6-7-31(16)20-18(26)19(35)25(42-20,12-28-30-27)15-41-43(38,39-8-10-44-21(36)23(2,3)13-32)40-9-11-45-22(37)24(4,5)14-33/h6-7,18-20,32-33,35H,1,8-15H2,2-5H3,(H,29,34)/t18-,19+,20-,25-/m1/s1. The number of alkyl halides is 1. The van der Waals surface area contributed by atoms with Crippen LogP contribution in [0.5, 0.6) is 0 Å². The van der Waals surface area contributed by atoms with Gasteiger partial charge < -0.3 is 30.3 Å². The Morgan fingerprint density at radius 3 is 2.18 bits per heavy atom. The zero-order valence-electron chi connectivity index (χ0n) is 25.3. The van der Waals surface area contributed by atoms with E-state index < -0.39 is 75.0 Å². The van der Waals surface area contributed by atoms with Gasteiger partial charge in [-0.15, -0.1) is 0 Å². The van der Waals surface area contributed by atoms with Gasteiger partial charge in [-0.2, -0.15) is 0 Å². The second-order valence-electron chi connectivity index (χ2n) is 11.3. The van der Waals surface area contributed by atoms with Gasteiger partial charge in [-0.3, -0.25) is 28.0 Å². The van der Waals surface area contributed by atoms with Crippen LogP contribution in [0.4, 0.5) is 4.39 Å². The summed E-state index contributed by atoms with van der Waals surface area (Å²) in [4.78, 5) is 40.0. The molecule has 1 fully saturated rings. The number of nitrogens with zero attached hydrogens (tertiary/aromatic N) is 4. The molecule has 0 spiro atoms. The van der Waals surface area contributed by atoms with Crippen molar-refractivity contribution in [2.45, 2.75) is 51.8 Å². The van der Waals surface area contributed by atoms with Gasteiger partial charge in [-0.25, -0.2) is 8.96 Å². The van der Waals surface area contributed by atoms with E-state index in [0.717, 1.165) is 34.5 Å². The first-order valence-electron chi connectivity index (χ1n) is 13.5. The molecule has 45 heavy (non-hydrogen) atoms. The molecule has 2 aliphatic rings. The highest BCUT2D eigenvalue weighted by Gasteiger charge is 2.58. The summed E-state index contributed by atoms with van der Waals surface area (Å²) in [5.41, 5.74) is 4.76. The highest BCUT2D eigenvalue weighted by atomic mass is 32.2. The monoisotopic (exact) mass is 699 g/mol. The normalized spacial score (nSPS) is 24.0. The van der Waals surface area contributed by atoms with E-state index in [1.807, 2.05) is 0 Å². The zero-order chi connectivity index (χ0) is 34.1. The van der Waals surface area contributed by atoms with Gasteiger partial charge in [-0.1, -0.05) is 35.2 Å². The summed E-state index contributed by atoms with van der Waals surface area (Å²) in [5.74, 6) is -0.635. The van der Waals surface area contributed by atoms with Gasteiger partial charge in [0.15, 0.2) is 22.6 Å². The van der Waals surface area contributed by atoms with E-state index in [2.05, 4.69) is 21.9 Å². The number of halogens is 1. The van der Waals surface area contributed by atoms with Crippen molar-refractivity contribution >= 4 is 47.5 Å². The maximum Gasteiger partial charge on any atom is 0.474 e. The summed E-state index contributed by atoms with van der Waals surface area (Å²) < 4.78 is 51.2. The van der Waals surface area contributed by atoms with Crippen molar-refractivity contribution in [2.24, 2.45) is 15.9 Å². The van der Waals surface area contributed by atoms with Crippen LogP contribution >= 0.6 is 31.3 Å². The Kier molecular flexibility index (Phi) is 14.5. The number of thioether (sulfide) groups is 2. The molecule has 0 aromatic carbocycles. The average Bonchev–Trinajstić information content (AvgIpc) is 3.24. The van der Waals surface area contributed by atoms with Crippen LogP contribution in [0.2, 0.25) is 0 Å². The molecule has 1 amide bonds. The molecule has 2 heterocycles. The fraction of sp³-hybridized carbons (Fsp3) is 0.720. The molecule has 0 saturated carbocycles. The largest absolute Gasteiger partial charge is 0.474 e. The predicted molar refractivity (Wildman–Crippen MR) is 163 cm³/mol. The molecular weight excluding hydrogens is 660 g/mol. The lowest BCUT2D eigenvalue weighted by Gasteiger charge is -2.34. The van der Waals surface area contributed by atoms with Gasteiger partial charge in [0.1, 0.15) is 17.5 Å². The van der Waals surface area contributed by atoms with Crippen LogP contribution in [-0.2, 0) is 37.3 Å². The summed E-state index contributed by atoms with van der Waals surface area (Å²) in [7, 11) is -4.58. The first kappa shape index (κ1) is 39.2. The Bertz CT molecular complexity index is 1200. The summed E-state index contributed by atoms with van der Waals surface area (Å²) in [5, 5.41) is 34.7. The summed E-state index contributed by atoms with van der Waals surface area (Å²) in [6.07, 6.45) is -3.47. The molecule has 2 rings (SSSR count). The van der Waals surface area contributed by atoms with Gasteiger partial charge in [0, 0.05) is 28.7 Å². The number of carbonyl (C=O) groups excluding carboxylic acids is 3. The minimum atomic E-state index is -4.58. The number of amides is 1. The fourth-order valence-corrected chi connectivity index (χ4v) is 6.68. The van der Waals surface area contributed by atoms with Crippen molar-refractivity contribution in [3.8, 4) is 0 Å². The molecule has 0 unspecified atom stereocenters. The molecule has 16 nitrogen and oxygen atoms in total. The van der Waals surface area contributed by atoms with Crippen molar-refractivity contribution in [3.05, 3.63) is 35.1 Å². The number of hydrogen-bond donors (Lipinski definition) is 4. The number of aliphatic hydroxyl groups excluding tert-OH is 3. The maximum atomic E-state index is 15.4. The SMILES string of the molecule is C=C1NC(=O)C=CN1[C@@H]1O[C@](CN=[N+]=[N-])(COP(=O)(OCCSC(=O)C(C)(C)CO)OCCSC(=O)C(C)(C)CO)[C@@H](O)[C@H]1F. The molecule has 0 aromatic heterocycles. The van der Waals surface area contributed by atoms with Crippen molar-refractivity contribution in [3.63, 3.8) is 0 Å². The highest BCUT2D eigenvalue weighted by Crippen LogP contribution is 2.51. The van der Waals surface area contributed by atoms with Gasteiger partial charge in [0.25, 0.3) is 5.91 Å². The first-order chi connectivity index (χ1) is 21.0. The van der Waals surface area contributed by atoms with Gasteiger partial charge in [0.05, 0.1) is 50.4 Å². The summed E-state index contributed by atoms with van der Waals surface area (Å²) >= 11 is 1.62. The van der Waals surface area contributed by atoms with Crippen molar-refractivity contribution < 1.29 is 57.0 Å². The van der Waals surface area contributed by atoms with E-state index in [-0.39, 0.29) is 40.8 Å². The number of aliphatic hydroxyl groups is 3. The smallest absolute Gasteiger partial charge is 0.395 e. The molecule has 1 saturated heterocycles. The number of azide groups is 1. The molecule has 0 aliphatic carbocycles. The number of phosphoric acid groups is 1. The second-order valence-corrected chi connectivity index (χ2v) is 15.1. The van der Waals surface area contributed by atoms with Crippen molar-refractivity contribution in [1.29, 1.82) is 0 Å². The van der Waals surface area contributed by atoms with E-state index >= 15 is 4.39 Å². The van der Waals surface area contributed by atoms with Crippen LogP contribution in [0.1, 0.15) is 27.7 Å². The molecule has 0 bridgehead atoms. The molecule has 4 atom stereocenters. The first-order valence-corrected chi connectivity index (χ1v) is 17.0. The van der Waals surface area contributed by atoms with E-state index in [1.54, 1.807) is 27.7 Å². The average molecular weight is 700 g/mol. The molecule has 20 heteroatoms. The fourth-order valence-electron chi connectivity index (χ4n) is 3.59. The van der Waals surface area contributed by atoms with E-state index in [9.17, 15) is 34.3 Å². The Hall–Kier alpha value is -2.02. The van der Waals surface area contributed by atoms with E-state index in [4.69, 9.17) is 23.8 Å². The zero-order valence-corrected chi connectivity index (χ0v) is 27.8. The maximum absolute atomic E-state index is 15.4. The number of ether oxygens (including phenoxy) is 1. The quantitative estimate of drug-likeness (QED) is 0.0529. The predicted octanol–water partition coefficient (Wildman–Crippen LogP) is 2.22. The number of hydrogen-bond acceptors (Lipinski definition) is 15. The number of nitrogens with one attached hydrogen (secondary N) is 1. The number of phosphoric ester groups is 1. The third-order valence-corrected chi connectivity index (χ3v) is 10.4. The van der Waals surface area contributed by atoms with Crippen molar-refractivity contribution in [2.75, 3.05) is 51.1 Å². The Morgan fingerprint density at radius 1 is 1.18 bits per heavy atom. The summed E-state index contributed by atoms with van der Waals surface area (Å²) in [6.45, 7) is 6.76. The van der Waals surface area contributed by atoms with Crippen LogP contribution in [0.25, 0.3) is 10.4 Å². The van der Waals surface area contributed by atoms with Crippen LogP contribution in [-0.4, -0.2) is 112 Å². The molecule has 4 N–H and O–H groups in total. The number of carbonyl (C=O) groups is 3. The molecule has 0 aromatic rings. The minimum Gasteiger partial charge on any atom is -0.395 e. The highest BCUT2D eigenvalue weighted by molar-refractivity contribution is 8.14. The lowest BCUT2D eigenvalue weighted by Crippen LogP contribution is -2.48. The number of rotatable bonds is 18. The van der Waals surface area contributed by atoms with Gasteiger partial charge in [0.2, 0.25) is 0 Å². The third kappa shape index (κ3) is 10.5. The van der Waals surface area contributed by atoms with Crippen LogP contribution in [0.3, 0.4) is 0 Å². The van der Waals surface area contributed by atoms with Gasteiger partial charge >= 0.3 is 7.82 Å². The Morgan fingerprint density at radius 2 is 1.71 bits per heavy atom. The third-order valence-electron chi connectivity index (χ3n) is 6.60. The van der Waals surface area contributed by atoms with Crippen LogP contribution in [0.15, 0.2) is 29.8 Å². The van der Waals surface area contributed by atoms with E-state index in [1.165, 1.54) is 6.20 Å². The topological polar surface area (TPSA) is 230 Å². The second kappa shape index (κ2) is 16.7. The van der Waals surface area contributed by atoms with Crippen molar-refractivity contribution in [1.82, 2.24) is 10.2 Å². The molecule has 0 radical (unpaired) electrons. The Balaban J connectivity index is 2.22. The molecule has 2 aliphatic heterocycles. The minimum absolute atomic E-state index is 0.0242. The Labute approximate surface area is 268 Å². The van der Waals surface area contributed by atoms with Gasteiger partial charge in [-0.05, 0) is 33.2 Å².